The number of rotatable bonds is 35. The SMILES string of the molecule is CCCCCCCCCCCCCCCCCCC[n+]1ccn(CCCCCCCCC)c1CCCCCCCCCC. The summed E-state index contributed by atoms with van der Waals surface area (Å²) in [4.78, 5) is 0. The lowest BCUT2D eigenvalue weighted by molar-refractivity contribution is -0.704. The van der Waals surface area contributed by atoms with E-state index in [2.05, 4.69) is 42.3 Å². The zero-order chi connectivity index (χ0) is 30.9. The highest BCUT2D eigenvalue weighted by Crippen LogP contribution is 2.15. The first-order chi connectivity index (χ1) is 21.3. The lowest BCUT2D eigenvalue weighted by Gasteiger charge is -2.07. The summed E-state index contributed by atoms with van der Waals surface area (Å²) >= 11 is 0. The Hall–Kier alpha value is -0.790. The molecule has 254 valence electrons. The highest BCUT2D eigenvalue weighted by Gasteiger charge is 2.16. The molecule has 1 rings (SSSR count). The monoisotopic (exact) mass is 602 g/mol. The summed E-state index contributed by atoms with van der Waals surface area (Å²) in [6.07, 6.45) is 51.9. The Kier molecular flexibility index (Phi) is 30.5. The Morgan fingerprint density at radius 2 is 0.721 bits per heavy atom. The van der Waals surface area contributed by atoms with Crippen molar-refractivity contribution in [2.24, 2.45) is 0 Å². The van der Waals surface area contributed by atoms with Crippen LogP contribution in [0.5, 0.6) is 0 Å². The Labute approximate surface area is 272 Å². The van der Waals surface area contributed by atoms with Crippen LogP contribution in [0.4, 0.5) is 0 Å². The predicted octanol–water partition coefficient (Wildman–Crippen LogP) is 13.9. The minimum atomic E-state index is 1.23. The maximum absolute atomic E-state index is 2.63. The van der Waals surface area contributed by atoms with E-state index in [4.69, 9.17) is 0 Å². The van der Waals surface area contributed by atoms with E-state index in [1.165, 1.54) is 225 Å². The zero-order valence-electron chi connectivity index (χ0n) is 30.3. The van der Waals surface area contributed by atoms with Crippen LogP contribution in [0, 0.1) is 0 Å². The fourth-order valence-corrected chi connectivity index (χ4v) is 6.86. The van der Waals surface area contributed by atoms with Gasteiger partial charge in [-0.15, -0.1) is 0 Å². The van der Waals surface area contributed by atoms with Gasteiger partial charge in [0.25, 0.3) is 5.82 Å². The third kappa shape index (κ3) is 25.1. The van der Waals surface area contributed by atoms with Gasteiger partial charge >= 0.3 is 0 Å². The van der Waals surface area contributed by atoms with Gasteiger partial charge in [-0.3, -0.25) is 0 Å². The van der Waals surface area contributed by atoms with E-state index in [0.717, 1.165) is 0 Å². The van der Waals surface area contributed by atoms with Crippen LogP contribution in [0.15, 0.2) is 12.4 Å². The summed E-state index contributed by atoms with van der Waals surface area (Å²) in [5, 5.41) is 0. The number of hydrogen-bond donors (Lipinski definition) is 0. The van der Waals surface area contributed by atoms with Crippen LogP contribution < -0.4 is 4.57 Å². The second kappa shape index (κ2) is 32.6. The molecule has 0 saturated heterocycles. The van der Waals surface area contributed by atoms with Crippen molar-refractivity contribution in [3.63, 3.8) is 0 Å². The Balaban J connectivity index is 2.19. The largest absolute Gasteiger partial charge is 0.256 e. The molecule has 0 spiro atoms. The molecule has 0 fully saturated rings. The van der Waals surface area contributed by atoms with E-state index >= 15 is 0 Å². The summed E-state index contributed by atoms with van der Waals surface area (Å²) in [6, 6.07) is 0. The van der Waals surface area contributed by atoms with Gasteiger partial charge in [0, 0.05) is 6.42 Å². The number of aromatic nitrogens is 2. The number of hydrogen-bond acceptors (Lipinski definition) is 0. The Bertz CT molecular complexity index is 663. The molecule has 0 unspecified atom stereocenters. The molecule has 0 radical (unpaired) electrons. The third-order valence-corrected chi connectivity index (χ3v) is 9.85. The average Bonchev–Trinajstić information content (AvgIpc) is 3.40. The first-order valence-electron chi connectivity index (χ1n) is 20.4. The van der Waals surface area contributed by atoms with Crippen molar-refractivity contribution in [3.8, 4) is 0 Å². The first kappa shape index (κ1) is 40.2. The molecule has 1 aromatic rings. The third-order valence-electron chi connectivity index (χ3n) is 9.85. The Morgan fingerprint density at radius 1 is 0.395 bits per heavy atom. The minimum absolute atomic E-state index is 1.23. The van der Waals surface area contributed by atoms with Crippen molar-refractivity contribution in [1.29, 1.82) is 0 Å². The molecule has 43 heavy (non-hydrogen) atoms. The standard InChI is InChI=1S/C41H81N2/c1-4-7-10-13-16-18-19-20-21-22-23-24-25-26-29-32-35-38-43-40-39-42(37-34-31-28-15-12-9-6-3)41(43)36-33-30-27-17-14-11-8-5-2/h39-40H,4-38H2,1-3H3/q+1. The summed E-state index contributed by atoms with van der Waals surface area (Å²) in [6.45, 7) is 9.40. The number of unbranched alkanes of at least 4 members (excludes halogenated alkanes) is 29. The summed E-state index contributed by atoms with van der Waals surface area (Å²) < 4.78 is 5.26. The summed E-state index contributed by atoms with van der Waals surface area (Å²) in [7, 11) is 0. The first-order valence-corrected chi connectivity index (χ1v) is 20.4. The molecule has 0 aliphatic rings. The van der Waals surface area contributed by atoms with Crippen molar-refractivity contribution in [1.82, 2.24) is 4.57 Å². The van der Waals surface area contributed by atoms with Gasteiger partial charge in [0.05, 0.1) is 13.1 Å². The Morgan fingerprint density at radius 3 is 1.12 bits per heavy atom. The van der Waals surface area contributed by atoms with Crippen molar-refractivity contribution >= 4 is 0 Å². The van der Waals surface area contributed by atoms with Gasteiger partial charge in [-0.25, -0.2) is 9.13 Å². The number of imidazole rings is 1. The molecule has 1 heterocycles. The van der Waals surface area contributed by atoms with Gasteiger partial charge in [-0.05, 0) is 32.1 Å². The van der Waals surface area contributed by atoms with Crippen LogP contribution in [0.2, 0.25) is 0 Å². The molecule has 1 aromatic heterocycles. The van der Waals surface area contributed by atoms with E-state index in [1.54, 1.807) is 5.82 Å². The molecule has 0 aliphatic carbocycles. The fourth-order valence-electron chi connectivity index (χ4n) is 6.86. The molecule has 0 bridgehead atoms. The van der Waals surface area contributed by atoms with Crippen LogP contribution in [0.25, 0.3) is 0 Å². The molecular weight excluding hydrogens is 520 g/mol. The maximum Gasteiger partial charge on any atom is 0.256 e. The molecule has 0 saturated carbocycles. The van der Waals surface area contributed by atoms with Crippen molar-refractivity contribution in [2.75, 3.05) is 0 Å². The summed E-state index contributed by atoms with van der Waals surface area (Å²) in [5.74, 6) is 1.62. The van der Waals surface area contributed by atoms with E-state index < -0.39 is 0 Å². The number of nitrogens with zero attached hydrogens (tertiary/aromatic N) is 2. The van der Waals surface area contributed by atoms with Crippen LogP contribution >= 0.6 is 0 Å². The van der Waals surface area contributed by atoms with Gasteiger partial charge in [0.15, 0.2) is 0 Å². The van der Waals surface area contributed by atoms with E-state index in [1.807, 2.05) is 0 Å². The predicted molar refractivity (Wildman–Crippen MR) is 193 cm³/mol. The van der Waals surface area contributed by atoms with E-state index in [9.17, 15) is 0 Å². The lowest BCUT2D eigenvalue weighted by atomic mass is 10.0. The topological polar surface area (TPSA) is 8.81 Å². The molecular formula is C41H81N2+. The highest BCUT2D eigenvalue weighted by molar-refractivity contribution is 4.84. The van der Waals surface area contributed by atoms with Gasteiger partial charge in [-0.2, -0.15) is 0 Å². The van der Waals surface area contributed by atoms with Gasteiger partial charge in [0.2, 0.25) is 0 Å². The van der Waals surface area contributed by atoms with Crippen molar-refractivity contribution < 1.29 is 4.57 Å². The van der Waals surface area contributed by atoms with Crippen molar-refractivity contribution in [3.05, 3.63) is 18.2 Å². The molecule has 0 N–H and O–H groups in total. The van der Waals surface area contributed by atoms with E-state index in [-0.39, 0.29) is 0 Å². The molecule has 0 amide bonds. The van der Waals surface area contributed by atoms with Gasteiger partial charge in [-0.1, -0.05) is 194 Å². The minimum Gasteiger partial charge on any atom is -0.234 e. The molecule has 2 nitrogen and oxygen atoms in total. The van der Waals surface area contributed by atoms with Gasteiger partial charge in [0.1, 0.15) is 12.4 Å². The second-order valence-corrected chi connectivity index (χ2v) is 14.1. The quantitative estimate of drug-likeness (QED) is 0.0540. The maximum atomic E-state index is 2.63. The van der Waals surface area contributed by atoms with E-state index in [0.29, 0.717) is 0 Å². The number of aryl methyl sites for hydroxylation is 2. The molecule has 2 heteroatoms. The van der Waals surface area contributed by atoms with Crippen molar-refractivity contribution in [2.45, 2.75) is 246 Å². The average molecular weight is 602 g/mol. The zero-order valence-corrected chi connectivity index (χ0v) is 30.3. The summed E-state index contributed by atoms with van der Waals surface area (Å²) in [5.41, 5.74) is 0. The normalized spacial score (nSPS) is 11.6. The van der Waals surface area contributed by atoms with Gasteiger partial charge < -0.3 is 0 Å². The molecule has 0 aliphatic heterocycles. The van der Waals surface area contributed by atoms with Crippen LogP contribution in [-0.4, -0.2) is 4.57 Å². The fraction of sp³-hybridized carbons (Fsp3) is 0.927. The molecule has 0 aromatic carbocycles. The smallest absolute Gasteiger partial charge is 0.234 e. The highest BCUT2D eigenvalue weighted by atomic mass is 15.1. The van der Waals surface area contributed by atoms with Crippen LogP contribution in [0.3, 0.4) is 0 Å². The van der Waals surface area contributed by atoms with Crippen LogP contribution in [0.1, 0.15) is 232 Å². The lowest BCUT2D eigenvalue weighted by Crippen LogP contribution is -2.37. The second-order valence-electron chi connectivity index (χ2n) is 14.1. The van der Waals surface area contributed by atoms with Crippen LogP contribution in [-0.2, 0) is 19.5 Å². The molecule has 0 atom stereocenters.